The third kappa shape index (κ3) is 3.70. The molecule has 3 heteroatoms. The van der Waals surface area contributed by atoms with Crippen LogP contribution in [0, 0.1) is 5.92 Å². The maximum atomic E-state index is 13.0. The van der Waals surface area contributed by atoms with Crippen LogP contribution in [0.25, 0.3) is 0 Å². The van der Waals surface area contributed by atoms with Crippen LogP contribution in [0.5, 0.6) is 0 Å². The number of carbonyl (C=O) groups excluding carboxylic acids is 2. The summed E-state index contributed by atoms with van der Waals surface area (Å²) in [4.78, 5) is 25.0. The highest BCUT2D eigenvalue weighted by atomic mass is 35.5. The molecule has 2 aromatic rings. The fourth-order valence-electron chi connectivity index (χ4n) is 3.31. The summed E-state index contributed by atoms with van der Waals surface area (Å²) in [6, 6.07) is 16.7. The summed E-state index contributed by atoms with van der Waals surface area (Å²) in [7, 11) is 0. The first-order valence-electron chi connectivity index (χ1n) is 8.02. The highest BCUT2D eigenvalue weighted by Gasteiger charge is 2.31. The minimum Gasteiger partial charge on any atom is -0.299 e. The zero-order valence-corrected chi connectivity index (χ0v) is 13.6. The molecule has 0 amide bonds. The number of ketones is 2. The predicted octanol–water partition coefficient (Wildman–Crippen LogP) is 5.07. The average molecular weight is 327 g/mol. The standard InChI is InChI=1S/C20H19ClO2/c21-17-11-9-14(10-12-17)18(13-16-7-4-8-19(16)22)20(23)15-5-2-1-3-6-15/h1-3,5-6,9-12,16,18H,4,7-8,13H2. The lowest BCUT2D eigenvalue weighted by Crippen LogP contribution is -2.19. The molecule has 2 nitrogen and oxygen atoms in total. The zero-order valence-electron chi connectivity index (χ0n) is 12.9. The second-order valence-corrected chi connectivity index (χ2v) is 6.56. The SMILES string of the molecule is O=C1CCCC1CC(C(=O)c1ccccc1)c1ccc(Cl)cc1. The fourth-order valence-corrected chi connectivity index (χ4v) is 3.44. The van der Waals surface area contributed by atoms with Gasteiger partial charge < -0.3 is 0 Å². The number of rotatable bonds is 5. The Morgan fingerprint density at radius 3 is 2.39 bits per heavy atom. The molecule has 0 aromatic heterocycles. The Kier molecular flexibility index (Phi) is 4.92. The van der Waals surface area contributed by atoms with Crippen molar-refractivity contribution in [1.82, 2.24) is 0 Å². The van der Waals surface area contributed by atoms with Crippen LogP contribution in [0.15, 0.2) is 54.6 Å². The molecule has 0 spiro atoms. The van der Waals surface area contributed by atoms with Crippen molar-refractivity contribution in [3.63, 3.8) is 0 Å². The van der Waals surface area contributed by atoms with Crippen LogP contribution in [0.4, 0.5) is 0 Å². The van der Waals surface area contributed by atoms with Gasteiger partial charge in [0.15, 0.2) is 5.78 Å². The topological polar surface area (TPSA) is 34.1 Å². The fraction of sp³-hybridized carbons (Fsp3) is 0.300. The second-order valence-electron chi connectivity index (χ2n) is 6.13. The molecule has 1 saturated carbocycles. The first-order chi connectivity index (χ1) is 11.1. The van der Waals surface area contributed by atoms with E-state index in [1.165, 1.54) is 0 Å². The quantitative estimate of drug-likeness (QED) is 0.719. The van der Waals surface area contributed by atoms with Gasteiger partial charge in [-0.3, -0.25) is 9.59 Å². The van der Waals surface area contributed by atoms with E-state index in [1.807, 2.05) is 42.5 Å². The molecule has 0 heterocycles. The Labute approximate surface area is 141 Å². The van der Waals surface area contributed by atoms with E-state index in [2.05, 4.69) is 0 Å². The molecule has 0 bridgehead atoms. The molecule has 118 valence electrons. The highest BCUT2D eigenvalue weighted by molar-refractivity contribution is 6.30. The molecule has 2 aromatic carbocycles. The van der Waals surface area contributed by atoms with E-state index in [-0.39, 0.29) is 17.6 Å². The molecule has 0 aliphatic heterocycles. The largest absolute Gasteiger partial charge is 0.299 e. The van der Waals surface area contributed by atoms with Crippen LogP contribution in [-0.4, -0.2) is 11.6 Å². The minimum absolute atomic E-state index is 0.00309. The van der Waals surface area contributed by atoms with E-state index in [9.17, 15) is 9.59 Å². The van der Waals surface area contributed by atoms with Crippen LogP contribution in [-0.2, 0) is 4.79 Å². The van der Waals surface area contributed by atoms with Crippen LogP contribution in [0.1, 0.15) is 47.5 Å². The van der Waals surface area contributed by atoms with Gasteiger partial charge in [0.1, 0.15) is 5.78 Å². The average Bonchev–Trinajstić information content (AvgIpc) is 2.99. The van der Waals surface area contributed by atoms with Crippen molar-refractivity contribution >= 4 is 23.2 Å². The van der Waals surface area contributed by atoms with E-state index in [0.717, 1.165) is 18.4 Å². The van der Waals surface area contributed by atoms with E-state index >= 15 is 0 Å². The number of carbonyl (C=O) groups is 2. The molecule has 3 rings (SSSR count). The third-order valence-electron chi connectivity index (χ3n) is 4.60. The summed E-state index contributed by atoms with van der Waals surface area (Å²) >= 11 is 5.97. The van der Waals surface area contributed by atoms with Crippen molar-refractivity contribution in [2.24, 2.45) is 5.92 Å². The summed E-state index contributed by atoms with van der Waals surface area (Å²) in [6.45, 7) is 0. The maximum absolute atomic E-state index is 13.0. The molecule has 0 N–H and O–H groups in total. The summed E-state index contributed by atoms with van der Waals surface area (Å²) in [5.74, 6) is 0.0857. The second kappa shape index (κ2) is 7.10. The van der Waals surface area contributed by atoms with E-state index in [4.69, 9.17) is 11.6 Å². The molecular formula is C20H19ClO2. The smallest absolute Gasteiger partial charge is 0.170 e. The van der Waals surface area contributed by atoms with Crippen molar-refractivity contribution < 1.29 is 9.59 Å². The van der Waals surface area contributed by atoms with Crippen molar-refractivity contribution in [2.45, 2.75) is 31.6 Å². The monoisotopic (exact) mass is 326 g/mol. The molecular weight excluding hydrogens is 308 g/mol. The molecule has 2 atom stereocenters. The van der Waals surface area contributed by atoms with Gasteiger partial charge in [-0.2, -0.15) is 0 Å². The van der Waals surface area contributed by atoms with Gasteiger partial charge in [-0.25, -0.2) is 0 Å². The Balaban J connectivity index is 1.90. The van der Waals surface area contributed by atoms with Crippen molar-refractivity contribution in [2.75, 3.05) is 0 Å². The zero-order chi connectivity index (χ0) is 16.2. The Morgan fingerprint density at radius 2 is 1.78 bits per heavy atom. The van der Waals surface area contributed by atoms with Gasteiger partial charge in [0.05, 0.1) is 0 Å². The first-order valence-corrected chi connectivity index (χ1v) is 8.40. The number of halogens is 1. The normalized spacial score (nSPS) is 18.8. The highest BCUT2D eigenvalue weighted by Crippen LogP contribution is 2.34. The van der Waals surface area contributed by atoms with Gasteiger partial charge in [0, 0.05) is 28.8 Å². The number of hydrogen-bond donors (Lipinski definition) is 0. The minimum atomic E-state index is -0.290. The number of benzene rings is 2. The molecule has 1 fully saturated rings. The van der Waals surface area contributed by atoms with Gasteiger partial charge in [0.2, 0.25) is 0 Å². The summed E-state index contributed by atoms with van der Waals surface area (Å²) in [6.07, 6.45) is 3.08. The van der Waals surface area contributed by atoms with E-state index < -0.39 is 0 Å². The molecule has 0 saturated heterocycles. The summed E-state index contributed by atoms with van der Waals surface area (Å²) in [5, 5.41) is 0.650. The first kappa shape index (κ1) is 15.9. The van der Waals surface area contributed by atoms with Gasteiger partial charge in [-0.05, 0) is 37.0 Å². The summed E-state index contributed by atoms with van der Waals surface area (Å²) in [5.41, 5.74) is 1.63. The lowest BCUT2D eigenvalue weighted by molar-refractivity contribution is -0.120. The maximum Gasteiger partial charge on any atom is 0.170 e. The van der Waals surface area contributed by atoms with Crippen LogP contribution in [0.2, 0.25) is 5.02 Å². The van der Waals surface area contributed by atoms with Crippen molar-refractivity contribution in [3.8, 4) is 0 Å². The van der Waals surface area contributed by atoms with Crippen LogP contribution in [0.3, 0.4) is 0 Å². The Bertz CT molecular complexity index is 691. The van der Waals surface area contributed by atoms with Gasteiger partial charge in [-0.15, -0.1) is 0 Å². The van der Waals surface area contributed by atoms with Crippen molar-refractivity contribution in [3.05, 3.63) is 70.7 Å². The van der Waals surface area contributed by atoms with Gasteiger partial charge in [0.25, 0.3) is 0 Å². The van der Waals surface area contributed by atoms with E-state index in [1.54, 1.807) is 12.1 Å². The van der Waals surface area contributed by atoms with Gasteiger partial charge in [-0.1, -0.05) is 54.1 Å². The molecule has 2 unspecified atom stereocenters. The number of Topliss-reactive ketones (excluding diaryl/α,β-unsaturated/α-hetero) is 2. The molecule has 23 heavy (non-hydrogen) atoms. The van der Waals surface area contributed by atoms with Crippen LogP contribution >= 0.6 is 11.6 Å². The van der Waals surface area contributed by atoms with Gasteiger partial charge >= 0.3 is 0 Å². The van der Waals surface area contributed by atoms with Crippen LogP contribution < -0.4 is 0 Å². The lowest BCUT2D eigenvalue weighted by atomic mass is 9.82. The molecule has 1 aliphatic rings. The van der Waals surface area contributed by atoms with E-state index in [0.29, 0.717) is 29.2 Å². The Morgan fingerprint density at radius 1 is 1.09 bits per heavy atom. The third-order valence-corrected chi connectivity index (χ3v) is 4.85. The summed E-state index contributed by atoms with van der Waals surface area (Å²) < 4.78 is 0. The lowest BCUT2D eigenvalue weighted by Gasteiger charge is -2.19. The Hall–Kier alpha value is -1.93. The predicted molar refractivity (Wildman–Crippen MR) is 91.9 cm³/mol. The molecule has 1 aliphatic carbocycles. The number of hydrogen-bond acceptors (Lipinski definition) is 2. The van der Waals surface area contributed by atoms with Crippen molar-refractivity contribution in [1.29, 1.82) is 0 Å². The molecule has 0 radical (unpaired) electrons.